The van der Waals surface area contributed by atoms with Crippen molar-refractivity contribution < 1.29 is 4.57 Å². The van der Waals surface area contributed by atoms with E-state index in [-0.39, 0.29) is 0 Å². The first-order valence-electron chi connectivity index (χ1n) is 6.53. The first kappa shape index (κ1) is 13.8. The lowest BCUT2D eigenvalue weighted by atomic mass is 10.2. The minimum atomic E-state index is -2.66. The van der Waals surface area contributed by atoms with Crippen molar-refractivity contribution in [3.8, 4) is 0 Å². The molecule has 98 valence electrons. The van der Waals surface area contributed by atoms with E-state index in [9.17, 15) is 4.57 Å². The third-order valence-electron chi connectivity index (χ3n) is 2.96. The third-order valence-corrected chi connectivity index (χ3v) is 5.68. The molecule has 0 amide bonds. The fraction of sp³-hybridized carbons (Fsp3) is 0.176. The van der Waals surface area contributed by atoms with E-state index in [1.807, 2.05) is 72.6 Å². The second kappa shape index (κ2) is 6.04. The monoisotopic (exact) mass is 270 g/mol. The van der Waals surface area contributed by atoms with E-state index in [0.717, 1.165) is 10.6 Å². The molecule has 2 aromatic carbocycles. The molecule has 0 fully saturated rings. The molecule has 0 aromatic heterocycles. The zero-order chi connectivity index (χ0) is 13.7. The highest BCUT2D eigenvalue weighted by Crippen LogP contribution is 2.45. The molecule has 0 heterocycles. The predicted molar refractivity (Wildman–Crippen MR) is 83.7 cm³/mol. The molecule has 0 aliphatic rings. The van der Waals surface area contributed by atoms with Gasteiger partial charge in [-0.3, -0.25) is 0 Å². The number of hydrogen-bond donors (Lipinski definition) is 0. The van der Waals surface area contributed by atoms with Gasteiger partial charge in [-0.05, 0) is 11.7 Å². The molecule has 2 aromatic rings. The van der Waals surface area contributed by atoms with Gasteiger partial charge in [0.2, 0.25) is 0 Å². The Balaban J connectivity index is 2.55. The quantitative estimate of drug-likeness (QED) is 0.762. The van der Waals surface area contributed by atoms with Gasteiger partial charge in [-0.25, -0.2) is 0 Å². The Morgan fingerprint density at radius 2 is 1.26 bits per heavy atom. The summed E-state index contributed by atoms with van der Waals surface area (Å²) in [6.45, 7) is 4.19. The van der Waals surface area contributed by atoms with Gasteiger partial charge in [0.15, 0.2) is 7.14 Å². The number of hydrogen-bond acceptors (Lipinski definition) is 1. The fourth-order valence-corrected chi connectivity index (χ4v) is 4.37. The van der Waals surface area contributed by atoms with Crippen molar-refractivity contribution in [2.24, 2.45) is 5.92 Å². The lowest BCUT2D eigenvalue weighted by Gasteiger charge is -2.15. The van der Waals surface area contributed by atoms with Crippen molar-refractivity contribution in [2.75, 3.05) is 0 Å². The maximum Gasteiger partial charge on any atom is 0.163 e. The molecular weight excluding hydrogens is 251 g/mol. The number of allylic oxidation sites excluding steroid dienone is 1. The van der Waals surface area contributed by atoms with Gasteiger partial charge in [0.05, 0.1) is 0 Å². The lowest BCUT2D eigenvalue weighted by Crippen LogP contribution is -2.14. The van der Waals surface area contributed by atoms with Gasteiger partial charge in [0, 0.05) is 10.6 Å². The highest BCUT2D eigenvalue weighted by atomic mass is 31.2. The third kappa shape index (κ3) is 3.24. The average molecular weight is 270 g/mol. The zero-order valence-electron chi connectivity index (χ0n) is 11.4. The second-order valence-corrected chi connectivity index (χ2v) is 7.56. The standard InChI is InChI=1S/C17H19OP/c1-15(2)13-14-19(18,16-9-5-3-6-10-16)17-11-7-4-8-12-17/h3-15H,1-2H3/b14-13+. The maximum absolute atomic E-state index is 13.4. The molecule has 0 aliphatic heterocycles. The number of rotatable bonds is 4. The number of benzene rings is 2. The molecule has 1 nitrogen and oxygen atoms in total. The SMILES string of the molecule is CC(C)/C=C/P(=O)(c1ccccc1)c1ccccc1. The molecule has 0 bridgehead atoms. The van der Waals surface area contributed by atoms with Gasteiger partial charge in [-0.1, -0.05) is 80.6 Å². The molecule has 2 heteroatoms. The van der Waals surface area contributed by atoms with E-state index < -0.39 is 7.14 Å². The molecular formula is C17H19OP. The summed E-state index contributed by atoms with van der Waals surface area (Å²) in [6.07, 6.45) is 2.03. The lowest BCUT2D eigenvalue weighted by molar-refractivity contribution is 0.592. The molecule has 0 radical (unpaired) electrons. The van der Waals surface area contributed by atoms with Crippen LogP contribution < -0.4 is 10.6 Å². The summed E-state index contributed by atoms with van der Waals surface area (Å²) in [6, 6.07) is 19.4. The van der Waals surface area contributed by atoms with Crippen LogP contribution in [0.3, 0.4) is 0 Å². The van der Waals surface area contributed by atoms with Crippen molar-refractivity contribution >= 4 is 17.8 Å². The normalized spacial score (nSPS) is 12.2. The first-order chi connectivity index (χ1) is 9.13. The van der Waals surface area contributed by atoms with E-state index in [4.69, 9.17) is 0 Å². The fourth-order valence-electron chi connectivity index (χ4n) is 1.91. The summed E-state index contributed by atoms with van der Waals surface area (Å²) in [5.74, 6) is 2.28. The molecule has 19 heavy (non-hydrogen) atoms. The maximum atomic E-state index is 13.4. The highest BCUT2D eigenvalue weighted by Gasteiger charge is 2.23. The molecule has 0 atom stereocenters. The van der Waals surface area contributed by atoms with Crippen molar-refractivity contribution in [3.63, 3.8) is 0 Å². The van der Waals surface area contributed by atoms with Crippen LogP contribution in [0.15, 0.2) is 72.6 Å². The van der Waals surface area contributed by atoms with Crippen LogP contribution in [-0.4, -0.2) is 0 Å². The average Bonchev–Trinajstić information content (AvgIpc) is 2.46. The van der Waals surface area contributed by atoms with Gasteiger partial charge >= 0.3 is 0 Å². The molecule has 0 saturated carbocycles. The summed E-state index contributed by atoms with van der Waals surface area (Å²) >= 11 is 0. The topological polar surface area (TPSA) is 17.1 Å². The van der Waals surface area contributed by atoms with Crippen LogP contribution in [0.25, 0.3) is 0 Å². The summed E-state index contributed by atoms with van der Waals surface area (Å²) < 4.78 is 13.4. The molecule has 2 rings (SSSR count). The van der Waals surface area contributed by atoms with Crippen LogP contribution in [0, 0.1) is 5.92 Å². The van der Waals surface area contributed by atoms with Gasteiger partial charge in [-0.15, -0.1) is 0 Å². The molecule has 0 aliphatic carbocycles. The summed E-state index contributed by atoms with van der Waals surface area (Å²) in [4.78, 5) is 0. The summed E-state index contributed by atoms with van der Waals surface area (Å²) in [5.41, 5.74) is 0. The van der Waals surface area contributed by atoms with E-state index in [1.165, 1.54) is 0 Å². The van der Waals surface area contributed by atoms with Gasteiger partial charge in [0.1, 0.15) is 0 Å². The Kier molecular flexibility index (Phi) is 4.39. The Morgan fingerprint density at radius 1 is 0.842 bits per heavy atom. The van der Waals surface area contributed by atoms with Crippen LogP contribution in [0.2, 0.25) is 0 Å². The molecule has 0 saturated heterocycles. The minimum absolute atomic E-state index is 0.390. The van der Waals surface area contributed by atoms with Gasteiger partial charge < -0.3 is 4.57 Å². The van der Waals surface area contributed by atoms with Crippen LogP contribution in [0.4, 0.5) is 0 Å². The Hall–Kier alpha value is -1.59. The molecule has 0 unspecified atom stereocenters. The van der Waals surface area contributed by atoms with Crippen LogP contribution in [0.5, 0.6) is 0 Å². The Bertz CT molecular complexity index is 542. The van der Waals surface area contributed by atoms with E-state index in [0.29, 0.717) is 5.92 Å². The van der Waals surface area contributed by atoms with Crippen LogP contribution in [-0.2, 0) is 4.57 Å². The van der Waals surface area contributed by atoms with Gasteiger partial charge in [-0.2, -0.15) is 0 Å². The van der Waals surface area contributed by atoms with Crippen molar-refractivity contribution in [2.45, 2.75) is 13.8 Å². The summed E-state index contributed by atoms with van der Waals surface area (Å²) in [5, 5.41) is 1.77. The summed E-state index contributed by atoms with van der Waals surface area (Å²) in [7, 11) is -2.66. The van der Waals surface area contributed by atoms with Crippen molar-refractivity contribution in [1.29, 1.82) is 0 Å². The van der Waals surface area contributed by atoms with Crippen molar-refractivity contribution in [3.05, 3.63) is 72.6 Å². The van der Waals surface area contributed by atoms with E-state index in [2.05, 4.69) is 13.8 Å². The molecule has 0 N–H and O–H groups in total. The second-order valence-electron chi connectivity index (χ2n) is 4.91. The Labute approximate surface area is 115 Å². The Morgan fingerprint density at radius 3 is 1.63 bits per heavy atom. The van der Waals surface area contributed by atoms with Crippen LogP contribution in [0.1, 0.15) is 13.8 Å². The van der Waals surface area contributed by atoms with E-state index in [1.54, 1.807) is 0 Å². The highest BCUT2D eigenvalue weighted by molar-refractivity contribution is 7.81. The van der Waals surface area contributed by atoms with Gasteiger partial charge in [0.25, 0.3) is 0 Å². The largest absolute Gasteiger partial charge is 0.309 e. The van der Waals surface area contributed by atoms with Crippen molar-refractivity contribution in [1.82, 2.24) is 0 Å². The predicted octanol–water partition coefficient (Wildman–Crippen LogP) is 4.17. The smallest absolute Gasteiger partial charge is 0.163 e. The first-order valence-corrected chi connectivity index (χ1v) is 8.31. The van der Waals surface area contributed by atoms with E-state index >= 15 is 0 Å². The van der Waals surface area contributed by atoms with Crippen LogP contribution >= 0.6 is 7.14 Å². The molecule has 0 spiro atoms. The minimum Gasteiger partial charge on any atom is -0.309 e. The zero-order valence-corrected chi connectivity index (χ0v) is 12.3.